The number of carbonyl (C=O) groups is 1. The summed E-state index contributed by atoms with van der Waals surface area (Å²) < 4.78 is 5.27. The van der Waals surface area contributed by atoms with Crippen molar-refractivity contribution in [2.45, 2.75) is 77.8 Å². The molecule has 168 valence electrons. The quantitative estimate of drug-likeness (QED) is 0.632. The maximum Gasteiger partial charge on any atom is 0.223 e. The molecule has 0 atom stereocenters. The largest absolute Gasteiger partial charge is 0.361 e. The van der Waals surface area contributed by atoms with Crippen molar-refractivity contribution >= 4 is 5.91 Å². The number of aryl methyl sites for hydroxylation is 2. The first-order valence-corrected chi connectivity index (χ1v) is 11.9. The summed E-state index contributed by atoms with van der Waals surface area (Å²) in [6.07, 6.45) is 12.7. The third-order valence-corrected chi connectivity index (χ3v) is 7.19. The Morgan fingerprint density at radius 1 is 1.19 bits per heavy atom. The summed E-state index contributed by atoms with van der Waals surface area (Å²) in [5.41, 5.74) is 3.06. The smallest absolute Gasteiger partial charge is 0.223 e. The fraction of sp³-hybridized carbons (Fsp3) is 0.640. The molecule has 2 aromatic rings. The van der Waals surface area contributed by atoms with Crippen LogP contribution in [0.4, 0.5) is 0 Å². The second-order valence-corrected chi connectivity index (χ2v) is 9.36. The molecule has 1 aliphatic heterocycles. The molecule has 31 heavy (non-hydrogen) atoms. The third kappa shape index (κ3) is 5.73. The Kier molecular flexibility index (Phi) is 7.38. The first-order chi connectivity index (χ1) is 15.1. The zero-order valence-corrected chi connectivity index (χ0v) is 19.1. The molecule has 2 aromatic heterocycles. The Bertz CT molecular complexity index is 817. The molecule has 0 bridgehead atoms. The van der Waals surface area contributed by atoms with Crippen molar-refractivity contribution in [3.8, 4) is 0 Å². The molecule has 6 heteroatoms. The number of carbonyl (C=O) groups excluding carboxylic acids is 1. The van der Waals surface area contributed by atoms with Gasteiger partial charge in [-0.1, -0.05) is 24.1 Å². The summed E-state index contributed by atoms with van der Waals surface area (Å²) in [5.74, 6) is 1.61. The van der Waals surface area contributed by atoms with Crippen LogP contribution in [-0.4, -0.2) is 51.5 Å². The summed E-state index contributed by atoms with van der Waals surface area (Å²) in [7, 11) is 0. The van der Waals surface area contributed by atoms with Crippen LogP contribution in [0.2, 0.25) is 0 Å². The molecule has 0 unspecified atom stereocenters. The summed E-state index contributed by atoms with van der Waals surface area (Å²) >= 11 is 0. The van der Waals surface area contributed by atoms with Gasteiger partial charge in [-0.25, -0.2) is 0 Å². The molecule has 1 aliphatic carbocycles. The van der Waals surface area contributed by atoms with E-state index in [1.807, 2.05) is 26.1 Å². The standard InChI is InChI=1S/C25H36N4O2/c1-19-24(20(2)31-27-19)9-10-25(30)29(18-22-6-5-13-26-16-22)17-21-11-14-28(15-12-21)23-7-3-4-8-23/h5-6,13,16,21,23H,3-4,7-12,14-15,17-18H2,1-2H3. The van der Waals surface area contributed by atoms with Crippen LogP contribution in [0.25, 0.3) is 0 Å². The number of hydrogen-bond donors (Lipinski definition) is 0. The molecule has 6 nitrogen and oxygen atoms in total. The van der Waals surface area contributed by atoms with E-state index in [-0.39, 0.29) is 5.91 Å². The predicted octanol–water partition coefficient (Wildman–Crippen LogP) is 4.30. The van der Waals surface area contributed by atoms with Gasteiger partial charge in [-0.3, -0.25) is 9.78 Å². The molecule has 2 aliphatic rings. The van der Waals surface area contributed by atoms with E-state index >= 15 is 0 Å². The molecule has 1 amide bonds. The number of amides is 1. The first-order valence-electron chi connectivity index (χ1n) is 11.9. The highest BCUT2D eigenvalue weighted by molar-refractivity contribution is 5.76. The minimum Gasteiger partial charge on any atom is -0.361 e. The molecule has 1 saturated heterocycles. The number of piperidine rings is 1. The molecular formula is C25H36N4O2. The van der Waals surface area contributed by atoms with E-state index < -0.39 is 0 Å². The fourth-order valence-corrected chi connectivity index (χ4v) is 5.30. The van der Waals surface area contributed by atoms with Crippen LogP contribution in [0.1, 0.15) is 67.5 Å². The second-order valence-electron chi connectivity index (χ2n) is 9.36. The van der Waals surface area contributed by atoms with Crippen LogP contribution >= 0.6 is 0 Å². The zero-order valence-electron chi connectivity index (χ0n) is 19.1. The molecule has 4 rings (SSSR count). The van der Waals surface area contributed by atoms with Gasteiger partial charge in [-0.05, 0) is 76.6 Å². The van der Waals surface area contributed by atoms with Gasteiger partial charge in [0.15, 0.2) is 0 Å². The topological polar surface area (TPSA) is 62.5 Å². The molecular weight excluding hydrogens is 388 g/mol. The van der Waals surface area contributed by atoms with Gasteiger partial charge in [0, 0.05) is 43.5 Å². The molecule has 0 spiro atoms. The molecule has 0 radical (unpaired) electrons. The van der Waals surface area contributed by atoms with Gasteiger partial charge in [0.25, 0.3) is 0 Å². The van der Waals surface area contributed by atoms with Crippen LogP contribution in [0.15, 0.2) is 29.0 Å². The zero-order chi connectivity index (χ0) is 21.6. The van der Waals surface area contributed by atoms with Crippen LogP contribution in [0.5, 0.6) is 0 Å². The van der Waals surface area contributed by atoms with Gasteiger partial charge in [0.1, 0.15) is 5.76 Å². The molecule has 1 saturated carbocycles. The van der Waals surface area contributed by atoms with Gasteiger partial charge < -0.3 is 14.3 Å². The van der Waals surface area contributed by atoms with Crippen molar-refractivity contribution < 1.29 is 9.32 Å². The lowest BCUT2D eigenvalue weighted by Gasteiger charge is -2.38. The van der Waals surface area contributed by atoms with E-state index in [4.69, 9.17) is 4.52 Å². The third-order valence-electron chi connectivity index (χ3n) is 7.19. The van der Waals surface area contributed by atoms with E-state index in [1.54, 1.807) is 6.20 Å². The number of rotatable bonds is 8. The lowest BCUT2D eigenvalue weighted by Crippen LogP contribution is -2.43. The van der Waals surface area contributed by atoms with E-state index in [2.05, 4.69) is 26.0 Å². The van der Waals surface area contributed by atoms with Gasteiger partial charge in [0.2, 0.25) is 5.91 Å². The molecule has 0 aromatic carbocycles. The molecule has 0 N–H and O–H groups in total. The van der Waals surface area contributed by atoms with Crippen LogP contribution in [-0.2, 0) is 17.8 Å². The van der Waals surface area contributed by atoms with Crippen molar-refractivity contribution in [3.05, 3.63) is 47.1 Å². The summed E-state index contributed by atoms with van der Waals surface area (Å²) in [6, 6.07) is 4.82. The predicted molar refractivity (Wildman–Crippen MR) is 121 cm³/mol. The maximum absolute atomic E-state index is 13.3. The Morgan fingerprint density at radius 2 is 1.97 bits per heavy atom. The van der Waals surface area contributed by atoms with Gasteiger partial charge >= 0.3 is 0 Å². The number of nitrogens with zero attached hydrogens (tertiary/aromatic N) is 4. The highest BCUT2D eigenvalue weighted by atomic mass is 16.5. The average molecular weight is 425 g/mol. The summed E-state index contributed by atoms with van der Waals surface area (Å²) in [6.45, 7) is 7.71. The van der Waals surface area contributed by atoms with Gasteiger partial charge in [0.05, 0.1) is 5.69 Å². The average Bonchev–Trinajstić information content (AvgIpc) is 3.43. The van der Waals surface area contributed by atoms with E-state index in [0.29, 0.717) is 25.3 Å². The Balaban J connectivity index is 1.36. The Hall–Kier alpha value is -2.21. The highest BCUT2D eigenvalue weighted by Crippen LogP contribution is 2.28. The monoisotopic (exact) mass is 424 g/mol. The molecule has 2 fully saturated rings. The maximum atomic E-state index is 13.3. The number of hydrogen-bond acceptors (Lipinski definition) is 5. The Morgan fingerprint density at radius 3 is 2.61 bits per heavy atom. The van der Waals surface area contributed by atoms with E-state index in [1.165, 1.54) is 51.6 Å². The minimum absolute atomic E-state index is 0.210. The van der Waals surface area contributed by atoms with E-state index in [0.717, 1.165) is 35.2 Å². The summed E-state index contributed by atoms with van der Waals surface area (Å²) in [5, 5.41) is 4.03. The fourth-order valence-electron chi connectivity index (χ4n) is 5.30. The highest BCUT2D eigenvalue weighted by Gasteiger charge is 2.29. The number of pyridine rings is 1. The lowest BCUT2D eigenvalue weighted by molar-refractivity contribution is -0.132. The summed E-state index contributed by atoms with van der Waals surface area (Å²) in [4.78, 5) is 22.3. The van der Waals surface area contributed by atoms with Crippen molar-refractivity contribution in [1.82, 2.24) is 19.9 Å². The van der Waals surface area contributed by atoms with Gasteiger partial charge in [-0.15, -0.1) is 0 Å². The van der Waals surface area contributed by atoms with Crippen LogP contribution < -0.4 is 0 Å². The van der Waals surface area contributed by atoms with Crippen LogP contribution in [0, 0.1) is 19.8 Å². The minimum atomic E-state index is 0.210. The van der Waals surface area contributed by atoms with Crippen molar-refractivity contribution in [3.63, 3.8) is 0 Å². The Labute approximate surface area is 186 Å². The molecule has 3 heterocycles. The van der Waals surface area contributed by atoms with Gasteiger partial charge in [-0.2, -0.15) is 0 Å². The number of aromatic nitrogens is 2. The van der Waals surface area contributed by atoms with Crippen molar-refractivity contribution in [2.24, 2.45) is 5.92 Å². The SMILES string of the molecule is Cc1noc(C)c1CCC(=O)N(Cc1cccnc1)CC1CCN(C2CCCC2)CC1. The van der Waals surface area contributed by atoms with E-state index in [9.17, 15) is 4.79 Å². The van der Waals surface area contributed by atoms with Crippen molar-refractivity contribution in [1.29, 1.82) is 0 Å². The normalized spacial score (nSPS) is 18.5. The second kappa shape index (κ2) is 10.4. The van der Waals surface area contributed by atoms with Crippen LogP contribution in [0.3, 0.4) is 0 Å². The first kappa shape index (κ1) is 22.0. The van der Waals surface area contributed by atoms with Crippen molar-refractivity contribution in [2.75, 3.05) is 19.6 Å². The number of likely N-dealkylation sites (tertiary alicyclic amines) is 1. The lowest BCUT2D eigenvalue weighted by atomic mass is 9.94.